The topological polar surface area (TPSA) is 49.9 Å². The first-order chi connectivity index (χ1) is 3.63. The van der Waals surface area contributed by atoms with Gasteiger partial charge in [-0.05, 0) is 12.3 Å². The fourth-order valence-corrected chi connectivity index (χ4v) is 0.444. The van der Waals surface area contributed by atoms with Crippen LogP contribution in [-0.2, 0) is 0 Å². The van der Waals surface area contributed by atoms with E-state index in [4.69, 9.17) is 11.1 Å². The van der Waals surface area contributed by atoms with Crippen molar-refractivity contribution in [3.8, 4) is 0 Å². The third-order valence-electron chi connectivity index (χ3n) is 0.991. The molecule has 0 radical (unpaired) electrons. The molecule has 0 bridgehead atoms. The lowest BCUT2D eigenvalue weighted by atomic mass is 10.1. The van der Waals surface area contributed by atoms with Gasteiger partial charge < -0.3 is 5.73 Å². The Hall–Kier alpha value is -0.530. The summed E-state index contributed by atoms with van der Waals surface area (Å²) in [7, 11) is 0. The standard InChI is InChI=1S/C6H14N2/c1-5(2)3-4-6(7)8/h5H,3-4H2,1-2H3,(H3,7,8). The van der Waals surface area contributed by atoms with E-state index in [-0.39, 0.29) is 0 Å². The molecule has 0 aromatic carbocycles. The van der Waals surface area contributed by atoms with Crippen LogP contribution in [0.3, 0.4) is 0 Å². The predicted molar refractivity (Wildman–Crippen MR) is 36.0 cm³/mol. The summed E-state index contributed by atoms with van der Waals surface area (Å²) in [6.45, 7) is 4.26. The Balaban J connectivity index is 3.05. The van der Waals surface area contributed by atoms with Crippen molar-refractivity contribution in [1.29, 1.82) is 5.41 Å². The zero-order valence-corrected chi connectivity index (χ0v) is 5.57. The van der Waals surface area contributed by atoms with E-state index in [1.54, 1.807) is 0 Å². The average Bonchev–Trinajstić information content (AvgIpc) is 1.61. The van der Waals surface area contributed by atoms with Crippen molar-refractivity contribution in [1.82, 2.24) is 0 Å². The number of hydrogen-bond acceptors (Lipinski definition) is 1. The Morgan fingerprint density at radius 3 is 2.25 bits per heavy atom. The molecule has 0 aliphatic rings. The van der Waals surface area contributed by atoms with E-state index < -0.39 is 0 Å². The van der Waals surface area contributed by atoms with Gasteiger partial charge in [0.1, 0.15) is 0 Å². The fourth-order valence-electron chi connectivity index (χ4n) is 0.444. The van der Waals surface area contributed by atoms with Crippen LogP contribution in [0.5, 0.6) is 0 Å². The van der Waals surface area contributed by atoms with Crippen molar-refractivity contribution >= 4 is 5.84 Å². The first-order valence-electron chi connectivity index (χ1n) is 2.96. The quantitative estimate of drug-likeness (QED) is 0.422. The van der Waals surface area contributed by atoms with Crippen molar-refractivity contribution in [3.05, 3.63) is 0 Å². The normalized spacial score (nSPS) is 9.88. The van der Waals surface area contributed by atoms with Crippen LogP contribution in [0.25, 0.3) is 0 Å². The first-order valence-corrected chi connectivity index (χ1v) is 2.96. The molecule has 0 heterocycles. The van der Waals surface area contributed by atoms with E-state index in [0.717, 1.165) is 12.8 Å². The molecule has 0 aliphatic heterocycles. The van der Waals surface area contributed by atoms with Crippen LogP contribution in [0.4, 0.5) is 0 Å². The Bertz CT molecular complexity index is 76.6. The van der Waals surface area contributed by atoms with Crippen LogP contribution in [-0.4, -0.2) is 5.84 Å². The molecule has 0 saturated heterocycles. The minimum atomic E-state index is 0.304. The molecule has 0 amide bonds. The summed E-state index contributed by atoms with van der Waals surface area (Å²) < 4.78 is 0. The third kappa shape index (κ3) is 5.47. The van der Waals surface area contributed by atoms with Gasteiger partial charge >= 0.3 is 0 Å². The highest BCUT2D eigenvalue weighted by molar-refractivity contribution is 5.76. The average molecular weight is 114 g/mol. The van der Waals surface area contributed by atoms with Gasteiger partial charge in [0.05, 0.1) is 5.84 Å². The van der Waals surface area contributed by atoms with Gasteiger partial charge in [-0.15, -0.1) is 0 Å². The van der Waals surface area contributed by atoms with Gasteiger partial charge in [0.15, 0.2) is 0 Å². The monoisotopic (exact) mass is 114 g/mol. The van der Waals surface area contributed by atoms with Gasteiger partial charge in [-0.1, -0.05) is 13.8 Å². The lowest BCUT2D eigenvalue weighted by Crippen LogP contribution is -2.09. The van der Waals surface area contributed by atoms with E-state index in [9.17, 15) is 0 Å². The summed E-state index contributed by atoms with van der Waals surface area (Å²) in [5, 5.41) is 6.87. The fraction of sp³-hybridized carbons (Fsp3) is 0.833. The second-order valence-corrected chi connectivity index (χ2v) is 2.46. The second kappa shape index (κ2) is 3.47. The molecule has 0 aromatic rings. The largest absolute Gasteiger partial charge is 0.388 e. The number of nitrogens with two attached hydrogens (primary N) is 1. The van der Waals surface area contributed by atoms with Gasteiger partial charge in [-0.2, -0.15) is 0 Å². The maximum absolute atomic E-state index is 6.87. The molecule has 8 heavy (non-hydrogen) atoms. The van der Waals surface area contributed by atoms with Crippen LogP contribution >= 0.6 is 0 Å². The van der Waals surface area contributed by atoms with Crippen molar-refractivity contribution in [2.24, 2.45) is 11.7 Å². The summed E-state index contributed by atoms with van der Waals surface area (Å²) in [5.74, 6) is 0.970. The van der Waals surface area contributed by atoms with Gasteiger partial charge in [-0.3, -0.25) is 5.41 Å². The molecule has 2 nitrogen and oxygen atoms in total. The molecular weight excluding hydrogens is 100 g/mol. The van der Waals surface area contributed by atoms with Gasteiger partial charge in [-0.25, -0.2) is 0 Å². The van der Waals surface area contributed by atoms with Crippen LogP contribution in [0.15, 0.2) is 0 Å². The molecule has 0 unspecified atom stereocenters. The SMILES string of the molecule is CC(C)CCC(=N)N. The highest BCUT2D eigenvalue weighted by Crippen LogP contribution is 2.01. The molecule has 3 N–H and O–H groups in total. The highest BCUT2D eigenvalue weighted by atomic mass is 14.7. The van der Waals surface area contributed by atoms with Crippen molar-refractivity contribution < 1.29 is 0 Å². The number of hydrogen-bond donors (Lipinski definition) is 2. The second-order valence-electron chi connectivity index (χ2n) is 2.46. The number of nitrogens with one attached hydrogen (secondary N) is 1. The zero-order valence-electron chi connectivity index (χ0n) is 5.57. The van der Waals surface area contributed by atoms with E-state index >= 15 is 0 Å². The molecule has 0 aliphatic carbocycles. The molecule has 0 fully saturated rings. The molecule has 2 heteroatoms. The van der Waals surface area contributed by atoms with Crippen molar-refractivity contribution in [3.63, 3.8) is 0 Å². The van der Waals surface area contributed by atoms with Crippen LogP contribution in [0.1, 0.15) is 26.7 Å². The molecule has 0 atom stereocenters. The maximum Gasteiger partial charge on any atom is 0.0905 e. The molecule has 0 aromatic heterocycles. The summed E-state index contributed by atoms with van der Waals surface area (Å²) >= 11 is 0. The lowest BCUT2D eigenvalue weighted by molar-refractivity contribution is 0.601. The van der Waals surface area contributed by atoms with Crippen molar-refractivity contribution in [2.45, 2.75) is 26.7 Å². The van der Waals surface area contributed by atoms with E-state index in [1.165, 1.54) is 0 Å². The van der Waals surface area contributed by atoms with Gasteiger partial charge in [0.2, 0.25) is 0 Å². The molecule has 48 valence electrons. The number of rotatable bonds is 3. The summed E-state index contributed by atoms with van der Waals surface area (Å²) in [6, 6.07) is 0. The predicted octanol–water partition coefficient (Wildman–Crippen LogP) is 1.36. The Morgan fingerprint density at radius 1 is 1.62 bits per heavy atom. The van der Waals surface area contributed by atoms with Gasteiger partial charge in [0, 0.05) is 6.42 Å². The summed E-state index contributed by atoms with van der Waals surface area (Å²) in [4.78, 5) is 0. The summed E-state index contributed by atoms with van der Waals surface area (Å²) in [6.07, 6.45) is 1.78. The molecule has 0 spiro atoms. The Labute approximate surface area is 50.6 Å². The third-order valence-corrected chi connectivity index (χ3v) is 0.991. The molecular formula is C6H14N2. The molecule has 0 saturated carbocycles. The van der Waals surface area contributed by atoms with Crippen LogP contribution < -0.4 is 5.73 Å². The van der Waals surface area contributed by atoms with E-state index in [0.29, 0.717) is 11.8 Å². The minimum absolute atomic E-state index is 0.304. The maximum atomic E-state index is 6.87. The van der Waals surface area contributed by atoms with E-state index in [2.05, 4.69) is 13.8 Å². The number of amidine groups is 1. The highest BCUT2D eigenvalue weighted by Gasteiger charge is 1.93. The zero-order chi connectivity index (χ0) is 6.57. The van der Waals surface area contributed by atoms with E-state index in [1.807, 2.05) is 0 Å². The van der Waals surface area contributed by atoms with Crippen molar-refractivity contribution in [2.75, 3.05) is 0 Å². The van der Waals surface area contributed by atoms with Crippen LogP contribution in [0, 0.1) is 11.3 Å². The lowest BCUT2D eigenvalue weighted by Gasteiger charge is -2.00. The minimum Gasteiger partial charge on any atom is -0.388 e. The van der Waals surface area contributed by atoms with Gasteiger partial charge in [0.25, 0.3) is 0 Å². The molecule has 0 rings (SSSR count). The Morgan fingerprint density at radius 2 is 2.12 bits per heavy atom. The van der Waals surface area contributed by atoms with Crippen LogP contribution in [0.2, 0.25) is 0 Å². The smallest absolute Gasteiger partial charge is 0.0905 e. The first kappa shape index (κ1) is 7.47. The Kier molecular flexibility index (Phi) is 3.24. The summed E-state index contributed by atoms with van der Waals surface area (Å²) in [5.41, 5.74) is 5.12.